The second-order valence-electron chi connectivity index (χ2n) is 14.5. The third-order valence-electron chi connectivity index (χ3n) is 10.8. The van der Waals surface area contributed by atoms with E-state index < -0.39 is 0 Å². The smallest absolute Gasteiger partial charge is 0.218 e. The van der Waals surface area contributed by atoms with Crippen LogP contribution in [0.15, 0.2) is 60.8 Å². The Kier molecular flexibility index (Phi) is 8.18. The predicted molar refractivity (Wildman–Crippen MR) is 187 cm³/mol. The number of ether oxygens (including phenoxy) is 2. The van der Waals surface area contributed by atoms with Gasteiger partial charge in [0.15, 0.2) is 0 Å². The van der Waals surface area contributed by atoms with Gasteiger partial charge < -0.3 is 19.7 Å². The summed E-state index contributed by atoms with van der Waals surface area (Å²) >= 11 is 14.2. The van der Waals surface area contributed by atoms with Gasteiger partial charge in [-0.2, -0.15) is 0 Å². The lowest BCUT2D eigenvalue weighted by atomic mass is 9.62. The molecular weight excluding hydrogens is 647 g/mol. The summed E-state index contributed by atoms with van der Waals surface area (Å²) in [5.74, 6) is 1.38. The van der Waals surface area contributed by atoms with Crippen LogP contribution in [0.2, 0.25) is 10.0 Å². The van der Waals surface area contributed by atoms with E-state index in [0.717, 1.165) is 110 Å². The molecular formula is C38H40Cl2N4O4. The molecule has 10 heteroatoms. The number of nitrogens with zero attached hydrogens (tertiary/aromatic N) is 4. The average molecular weight is 688 g/mol. The normalized spacial score (nSPS) is 20.2. The van der Waals surface area contributed by atoms with Crippen molar-refractivity contribution in [3.8, 4) is 45.3 Å². The van der Waals surface area contributed by atoms with E-state index in [1.807, 2.05) is 42.5 Å². The van der Waals surface area contributed by atoms with Gasteiger partial charge in [0.25, 0.3) is 0 Å². The monoisotopic (exact) mass is 686 g/mol. The highest BCUT2D eigenvalue weighted by molar-refractivity contribution is 6.39. The number of hydrogen-bond donors (Lipinski definition) is 2. The molecule has 4 aliphatic rings. The lowest BCUT2D eigenvalue weighted by molar-refractivity contribution is -0.131. The Morgan fingerprint density at radius 2 is 1.35 bits per heavy atom. The van der Waals surface area contributed by atoms with E-state index in [1.165, 1.54) is 0 Å². The van der Waals surface area contributed by atoms with Crippen molar-refractivity contribution in [2.24, 2.45) is 10.8 Å². The average Bonchev–Trinajstić information content (AvgIpc) is 3.02. The van der Waals surface area contributed by atoms with Crippen molar-refractivity contribution in [3.63, 3.8) is 0 Å². The highest BCUT2D eigenvalue weighted by Gasteiger charge is 2.52. The molecule has 2 aromatic heterocycles. The summed E-state index contributed by atoms with van der Waals surface area (Å²) in [6, 6.07) is 18.0. The van der Waals surface area contributed by atoms with Crippen LogP contribution in [-0.2, 0) is 13.1 Å². The van der Waals surface area contributed by atoms with Crippen molar-refractivity contribution in [2.45, 2.75) is 51.0 Å². The number of benzene rings is 2. The minimum Gasteiger partial charge on any atom is -0.496 e. The van der Waals surface area contributed by atoms with Gasteiger partial charge in [0.2, 0.25) is 5.88 Å². The Balaban J connectivity index is 1.02. The molecule has 2 N–H and O–H groups in total. The number of halogens is 2. The summed E-state index contributed by atoms with van der Waals surface area (Å²) in [5, 5.41) is 20.6. The molecule has 8 nitrogen and oxygen atoms in total. The van der Waals surface area contributed by atoms with Crippen LogP contribution in [0.5, 0.6) is 11.6 Å². The lowest BCUT2D eigenvalue weighted by Gasteiger charge is -2.58. The fourth-order valence-electron chi connectivity index (χ4n) is 8.64. The Labute approximate surface area is 291 Å². The molecule has 0 unspecified atom stereocenters. The van der Waals surface area contributed by atoms with E-state index in [0.29, 0.717) is 32.4 Å². The van der Waals surface area contributed by atoms with Gasteiger partial charge in [0.05, 0.1) is 47.9 Å². The Bertz CT molecular complexity index is 1720. The quantitative estimate of drug-likeness (QED) is 0.201. The van der Waals surface area contributed by atoms with Gasteiger partial charge in [-0.05, 0) is 43.9 Å². The number of aromatic nitrogens is 2. The van der Waals surface area contributed by atoms with Crippen LogP contribution in [-0.4, -0.2) is 82.6 Å². The zero-order chi connectivity index (χ0) is 33.2. The van der Waals surface area contributed by atoms with Gasteiger partial charge in [-0.1, -0.05) is 59.6 Å². The predicted octanol–water partition coefficient (Wildman–Crippen LogP) is 6.72. The number of methoxy groups -OCH3 is 2. The number of hydrogen-bond acceptors (Lipinski definition) is 8. The van der Waals surface area contributed by atoms with Crippen LogP contribution in [0.1, 0.15) is 36.8 Å². The largest absolute Gasteiger partial charge is 0.496 e. The molecule has 2 aliphatic carbocycles. The Morgan fingerprint density at radius 3 is 1.98 bits per heavy atom. The summed E-state index contributed by atoms with van der Waals surface area (Å²) in [4.78, 5) is 14.3. The van der Waals surface area contributed by atoms with Gasteiger partial charge >= 0.3 is 0 Å². The van der Waals surface area contributed by atoms with Crippen LogP contribution >= 0.6 is 23.2 Å². The first-order valence-electron chi connectivity index (χ1n) is 16.6. The van der Waals surface area contributed by atoms with Gasteiger partial charge in [0, 0.05) is 89.7 Å². The number of pyridine rings is 2. The fraction of sp³-hybridized carbons (Fsp3) is 0.421. The second-order valence-corrected chi connectivity index (χ2v) is 15.3. The SMILES string of the molecule is COc1cc(-c2nccc(-c3cccc(-c4ccc(CN5CC6(CC(O)C6)C5)c(OC)n4)c3Cl)c2Cl)ccc1CN1CC2(CC(O)C2)C1. The molecule has 8 rings (SSSR count). The minimum atomic E-state index is -0.135. The van der Waals surface area contributed by atoms with E-state index in [-0.39, 0.29) is 12.2 Å². The van der Waals surface area contributed by atoms with E-state index in [9.17, 15) is 10.2 Å². The standard InChI is InChI=1S/C38H40Cl2N4O4/c1-47-32-12-23(6-7-24(32)17-43-19-37(20-43)13-26(45)14-37)35-34(40)29(10-11-41-35)28-4-3-5-30(33(28)39)31-9-8-25(36(42-31)48-2)18-44-21-38(22-44)15-27(46)16-38/h3-12,26-27,45-46H,13-22H2,1-2H3. The molecule has 0 amide bonds. The van der Waals surface area contributed by atoms with Crippen LogP contribution in [0.3, 0.4) is 0 Å². The fourth-order valence-corrected chi connectivity index (χ4v) is 9.28. The Hall–Kier alpha value is -3.24. The van der Waals surface area contributed by atoms with Crippen molar-refractivity contribution in [1.29, 1.82) is 0 Å². The summed E-state index contributed by atoms with van der Waals surface area (Å²) in [5.41, 5.74) is 7.34. The van der Waals surface area contributed by atoms with Gasteiger partial charge in [-0.3, -0.25) is 14.8 Å². The first-order chi connectivity index (χ1) is 23.2. The topological polar surface area (TPSA) is 91.2 Å². The highest BCUT2D eigenvalue weighted by atomic mass is 35.5. The molecule has 4 heterocycles. The second kappa shape index (κ2) is 12.3. The molecule has 2 saturated carbocycles. The summed E-state index contributed by atoms with van der Waals surface area (Å²) < 4.78 is 11.5. The number of rotatable bonds is 9. The van der Waals surface area contributed by atoms with Gasteiger partial charge in [-0.25, -0.2) is 4.98 Å². The maximum Gasteiger partial charge on any atom is 0.218 e. The minimum absolute atomic E-state index is 0.129. The molecule has 2 aliphatic heterocycles. The van der Waals surface area contributed by atoms with E-state index in [2.05, 4.69) is 26.9 Å². The van der Waals surface area contributed by atoms with Crippen molar-refractivity contribution >= 4 is 23.2 Å². The summed E-state index contributed by atoms with van der Waals surface area (Å²) in [7, 11) is 3.34. The molecule has 48 heavy (non-hydrogen) atoms. The van der Waals surface area contributed by atoms with Crippen molar-refractivity contribution in [1.82, 2.24) is 19.8 Å². The molecule has 2 aromatic carbocycles. The van der Waals surface area contributed by atoms with E-state index >= 15 is 0 Å². The lowest BCUT2D eigenvalue weighted by Crippen LogP contribution is -2.63. The molecule has 4 fully saturated rings. The molecule has 2 saturated heterocycles. The van der Waals surface area contributed by atoms with Gasteiger partial charge in [0.1, 0.15) is 5.75 Å². The van der Waals surface area contributed by atoms with E-state index in [4.69, 9.17) is 37.7 Å². The molecule has 0 radical (unpaired) electrons. The highest BCUT2D eigenvalue weighted by Crippen LogP contribution is 2.50. The maximum absolute atomic E-state index is 9.75. The zero-order valence-electron chi connectivity index (χ0n) is 27.3. The van der Waals surface area contributed by atoms with Crippen LogP contribution in [0, 0.1) is 10.8 Å². The zero-order valence-corrected chi connectivity index (χ0v) is 28.8. The van der Waals surface area contributed by atoms with E-state index in [1.54, 1.807) is 20.4 Å². The van der Waals surface area contributed by atoms with Crippen LogP contribution < -0.4 is 9.47 Å². The molecule has 0 bridgehead atoms. The molecule has 2 spiro atoms. The third kappa shape index (κ3) is 5.66. The number of aliphatic hydroxyl groups excluding tert-OH is 2. The van der Waals surface area contributed by atoms with Crippen LogP contribution in [0.25, 0.3) is 33.6 Å². The van der Waals surface area contributed by atoms with Crippen molar-refractivity contribution in [3.05, 3.63) is 82.0 Å². The van der Waals surface area contributed by atoms with Crippen molar-refractivity contribution < 1.29 is 19.7 Å². The van der Waals surface area contributed by atoms with Crippen molar-refractivity contribution in [2.75, 3.05) is 40.4 Å². The summed E-state index contributed by atoms with van der Waals surface area (Å²) in [6.45, 7) is 5.59. The molecule has 0 atom stereocenters. The summed E-state index contributed by atoms with van der Waals surface area (Å²) in [6.07, 6.45) is 5.13. The maximum atomic E-state index is 9.75. The number of likely N-dealkylation sites (tertiary alicyclic amines) is 2. The first kappa shape index (κ1) is 32.0. The molecule has 4 aromatic rings. The molecule has 250 valence electrons. The van der Waals surface area contributed by atoms with Crippen LogP contribution in [0.4, 0.5) is 0 Å². The first-order valence-corrected chi connectivity index (χ1v) is 17.4. The Morgan fingerprint density at radius 1 is 0.750 bits per heavy atom. The third-order valence-corrected chi connectivity index (χ3v) is 11.6. The number of aliphatic hydroxyl groups is 2. The van der Waals surface area contributed by atoms with Gasteiger partial charge in [-0.15, -0.1) is 0 Å².